The highest BCUT2D eigenvalue weighted by atomic mass is 35.5. The quantitative estimate of drug-likeness (QED) is 0.332. The van der Waals surface area contributed by atoms with Crippen molar-refractivity contribution in [1.29, 1.82) is 0 Å². The van der Waals surface area contributed by atoms with Crippen LogP contribution in [-0.2, 0) is 23.1 Å². The van der Waals surface area contributed by atoms with E-state index in [0.29, 0.717) is 46.5 Å². The lowest BCUT2D eigenvalue weighted by Gasteiger charge is -2.13. The third kappa shape index (κ3) is 5.17. The number of fused-ring (bicyclic) bond motifs is 1. The van der Waals surface area contributed by atoms with Gasteiger partial charge in [0.25, 0.3) is 5.56 Å². The maximum atomic E-state index is 13.0. The second-order valence-electron chi connectivity index (χ2n) is 6.49. The van der Waals surface area contributed by atoms with Crippen LogP contribution in [0.1, 0.15) is 12.1 Å². The van der Waals surface area contributed by atoms with E-state index in [0.717, 1.165) is 5.69 Å². The molecule has 3 aromatic rings. The number of nitrogens with zero attached hydrogens (tertiary/aromatic N) is 4. The Hall–Kier alpha value is -2.36. The van der Waals surface area contributed by atoms with Crippen molar-refractivity contribution < 1.29 is 9.53 Å². The molecule has 8 nitrogen and oxygen atoms in total. The van der Waals surface area contributed by atoms with Gasteiger partial charge in [-0.25, -0.2) is 4.98 Å². The number of ether oxygens (including phenoxy) is 1. The van der Waals surface area contributed by atoms with E-state index in [1.165, 1.54) is 11.8 Å². The Morgan fingerprint density at radius 1 is 1.34 bits per heavy atom. The molecule has 2 heterocycles. The van der Waals surface area contributed by atoms with Crippen molar-refractivity contribution in [2.75, 3.05) is 24.8 Å². The van der Waals surface area contributed by atoms with Gasteiger partial charge in [0.05, 0.1) is 22.3 Å². The van der Waals surface area contributed by atoms with Gasteiger partial charge in [-0.3, -0.25) is 18.8 Å². The third-order valence-electron chi connectivity index (χ3n) is 4.21. The van der Waals surface area contributed by atoms with Gasteiger partial charge in [-0.05, 0) is 31.5 Å². The summed E-state index contributed by atoms with van der Waals surface area (Å²) in [5.74, 6) is 0.512. The number of aromatic nitrogens is 4. The van der Waals surface area contributed by atoms with Crippen molar-refractivity contribution in [3.8, 4) is 0 Å². The molecule has 0 unspecified atom stereocenters. The predicted molar refractivity (Wildman–Crippen MR) is 115 cm³/mol. The maximum Gasteiger partial charge on any atom is 0.262 e. The van der Waals surface area contributed by atoms with Crippen molar-refractivity contribution in [3.05, 3.63) is 45.3 Å². The highest BCUT2D eigenvalue weighted by Crippen LogP contribution is 2.21. The van der Waals surface area contributed by atoms with Crippen molar-refractivity contribution in [1.82, 2.24) is 19.3 Å². The monoisotopic (exact) mass is 435 g/mol. The van der Waals surface area contributed by atoms with Crippen LogP contribution in [0.4, 0.5) is 5.82 Å². The number of methoxy groups -OCH3 is 1. The Labute approximate surface area is 177 Å². The van der Waals surface area contributed by atoms with Gasteiger partial charge in [0.2, 0.25) is 5.91 Å². The van der Waals surface area contributed by atoms with Gasteiger partial charge in [0.1, 0.15) is 5.82 Å². The van der Waals surface area contributed by atoms with Crippen LogP contribution < -0.4 is 10.9 Å². The zero-order valence-electron chi connectivity index (χ0n) is 16.4. The van der Waals surface area contributed by atoms with Crippen LogP contribution in [0.2, 0.25) is 5.02 Å². The fourth-order valence-electron chi connectivity index (χ4n) is 2.88. The van der Waals surface area contributed by atoms with Gasteiger partial charge in [-0.2, -0.15) is 5.10 Å². The van der Waals surface area contributed by atoms with Gasteiger partial charge >= 0.3 is 0 Å². The minimum absolute atomic E-state index is 0.104. The average molecular weight is 436 g/mol. The number of carbonyl (C=O) groups excluding carboxylic acids is 1. The summed E-state index contributed by atoms with van der Waals surface area (Å²) in [5, 5.41) is 8.49. The third-order valence-corrected chi connectivity index (χ3v) is 5.43. The van der Waals surface area contributed by atoms with E-state index >= 15 is 0 Å². The minimum Gasteiger partial charge on any atom is -0.385 e. The average Bonchev–Trinajstić information content (AvgIpc) is 2.98. The minimum atomic E-state index is -0.207. The normalized spacial score (nSPS) is 11.2. The van der Waals surface area contributed by atoms with Crippen LogP contribution in [0.25, 0.3) is 10.9 Å². The standard InChI is InChI=1S/C19H22ClN5O3S/c1-12-9-16(24(2)23-12)22-17(26)11-29-19-21-15-10-13(20)5-6-14(15)18(27)25(19)7-4-8-28-3/h5-6,9-10H,4,7-8,11H2,1-3H3,(H,22,26). The maximum absolute atomic E-state index is 13.0. The van der Waals surface area contributed by atoms with Crippen molar-refractivity contribution in [3.63, 3.8) is 0 Å². The molecule has 0 aliphatic heterocycles. The molecule has 1 amide bonds. The number of nitrogens with one attached hydrogen (secondary N) is 1. The summed E-state index contributed by atoms with van der Waals surface area (Å²) in [4.78, 5) is 29.9. The molecule has 10 heteroatoms. The number of carbonyl (C=O) groups is 1. The molecule has 154 valence electrons. The largest absolute Gasteiger partial charge is 0.385 e. The summed E-state index contributed by atoms with van der Waals surface area (Å²) < 4.78 is 8.28. The molecule has 0 spiro atoms. The van der Waals surface area contributed by atoms with Gasteiger partial charge in [0, 0.05) is 38.4 Å². The highest BCUT2D eigenvalue weighted by molar-refractivity contribution is 7.99. The molecular formula is C19H22ClN5O3S. The Kier molecular flexibility index (Phi) is 6.94. The number of benzene rings is 1. The van der Waals surface area contributed by atoms with Crippen LogP contribution in [-0.4, -0.2) is 44.7 Å². The van der Waals surface area contributed by atoms with Crippen LogP contribution in [0.15, 0.2) is 34.2 Å². The van der Waals surface area contributed by atoms with E-state index in [1.807, 2.05) is 6.92 Å². The Balaban J connectivity index is 1.83. The summed E-state index contributed by atoms with van der Waals surface area (Å²) in [7, 11) is 3.38. The molecule has 1 N–H and O–H groups in total. The fraction of sp³-hybridized carbons (Fsp3) is 0.368. The first-order valence-electron chi connectivity index (χ1n) is 9.01. The predicted octanol–water partition coefficient (Wildman–Crippen LogP) is 2.86. The summed E-state index contributed by atoms with van der Waals surface area (Å²) >= 11 is 7.26. The molecule has 0 aliphatic rings. The van der Waals surface area contributed by atoms with Crippen molar-refractivity contribution >= 4 is 46.0 Å². The number of thioether (sulfide) groups is 1. The van der Waals surface area contributed by atoms with E-state index in [4.69, 9.17) is 16.3 Å². The second-order valence-corrected chi connectivity index (χ2v) is 7.87. The van der Waals surface area contributed by atoms with Gasteiger partial charge in [0.15, 0.2) is 5.16 Å². The van der Waals surface area contributed by atoms with E-state index in [1.54, 1.807) is 47.7 Å². The molecule has 3 rings (SSSR count). The number of aryl methyl sites for hydroxylation is 2. The first kappa shape index (κ1) is 21.4. The molecule has 1 aromatic carbocycles. The van der Waals surface area contributed by atoms with E-state index in [9.17, 15) is 9.59 Å². The summed E-state index contributed by atoms with van der Waals surface area (Å²) in [5.41, 5.74) is 1.17. The molecule has 2 aromatic heterocycles. The number of halogens is 1. The molecule has 0 saturated carbocycles. The first-order valence-corrected chi connectivity index (χ1v) is 10.4. The molecule has 0 radical (unpaired) electrons. The molecule has 0 atom stereocenters. The number of anilines is 1. The van der Waals surface area contributed by atoms with E-state index in [2.05, 4.69) is 15.4 Å². The van der Waals surface area contributed by atoms with E-state index < -0.39 is 0 Å². The first-order chi connectivity index (χ1) is 13.9. The van der Waals surface area contributed by atoms with Crippen LogP contribution in [0.5, 0.6) is 0 Å². The molecule has 0 fully saturated rings. The van der Waals surface area contributed by atoms with Gasteiger partial charge < -0.3 is 10.1 Å². The molecular weight excluding hydrogens is 414 g/mol. The van der Waals surface area contributed by atoms with Gasteiger partial charge in [-0.15, -0.1) is 0 Å². The van der Waals surface area contributed by atoms with Crippen LogP contribution in [0.3, 0.4) is 0 Å². The fourth-order valence-corrected chi connectivity index (χ4v) is 3.88. The van der Waals surface area contributed by atoms with Crippen LogP contribution in [0, 0.1) is 6.92 Å². The number of amides is 1. The Bertz CT molecular complexity index is 1100. The van der Waals surface area contributed by atoms with Gasteiger partial charge in [-0.1, -0.05) is 23.4 Å². The lowest BCUT2D eigenvalue weighted by molar-refractivity contribution is -0.113. The van der Waals surface area contributed by atoms with Crippen molar-refractivity contribution in [2.45, 2.75) is 25.0 Å². The molecule has 29 heavy (non-hydrogen) atoms. The smallest absolute Gasteiger partial charge is 0.262 e. The summed E-state index contributed by atoms with van der Waals surface area (Å²) in [6.45, 7) is 2.83. The Morgan fingerprint density at radius 2 is 2.14 bits per heavy atom. The summed E-state index contributed by atoms with van der Waals surface area (Å²) in [6.07, 6.45) is 0.658. The molecule has 0 bridgehead atoms. The molecule has 0 aliphatic carbocycles. The topological polar surface area (TPSA) is 91.0 Å². The SMILES string of the molecule is COCCCn1c(SCC(=O)Nc2cc(C)nn2C)nc2cc(Cl)ccc2c1=O. The second kappa shape index (κ2) is 9.43. The number of hydrogen-bond acceptors (Lipinski definition) is 6. The van der Waals surface area contributed by atoms with E-state index in [-0.39, 0.29) is 17.2 Å². The lowest BCUT2D eigenvalue weighted by atomic mass is 10.2. The highest BCUT2D eigenvalue weighted by Gasteiger charge is 2.14. The van der Waals surface area contributed by atoms with Crippen LogP contribution >= 0.6 is 23.4 Å². The molecule has 0 saturated heterocycles. The Morgan fingerprint density at radius 3 is 2.83 bits per heavy atom. The number of hydrogen-bond donors (Lipinski definition) is 1. The zero-order chi connectivity index (χ0) is 21.0. The zero-order valence-corrected chi connectivity index (χ0v) is 18.0. The van der Waals surface area contributed by atoms with Crippen molar-refractivity contribution in [2.24, 2.45) is 7.05 Å². The summed E-state index contributed by atoms with van der Waals surface area (Å²) in [6, 6.07) is 6.79. The number of rotatable bonds is 8. The lowest BCUT2D eigenvalue weighted by Crippen LogP contribution is -2.25.